The predicted octanol–water partition coefficient (Wildman–Crippen LogP) is 3.34. The van der Waals surface area contributed by atoms with Crippen LogP contribution in [0, 0.1) is 0 Å². The van der Waals surface area contributed by atoms with Crippen molar-refractivity contribution >= 4 is 17.6 Å². The summed E-state index contributed by atoms with van der Waals surface area (Å²) in [5.74, 6) is -0.380. The van der Waals surface area contributed by atoms with Crippen molar-refractivity contribution in [3.63, 3.8) is 0 Å². The molecule has 0 aliphatic rings. The molecule has 0 spiro atoms. The summed E-state index contributed by atoms with van der Waals surface area (Å²) in [6, 6.07) is 16.4. The zero-order valence-electron chi connectivity index (χ0n) is 12.2. The largest absolute Gasteiger partial charge is 0.455 e. The van der Waals surface area contributed by atoms with Crippen molar-refractivity contribution in [1.82, 2.24) is 15.0 Å². The van der Waals surface area contributed by atoms with Crippen LogP contribution in [0.5, 0.6) is 0 Å². The fourth-order valence-corrected chi connectivity index (χ4v) is 2.31. The highest BCUT2D eigenvalue weighted by molar-refractivity contribution is 6.30. The van der Waals surface area contributed by atoms with Gasteiger partial charge in [-0.3, -0.25) is 0 Å². The normalized spacial score (nSPS) is 10.5. The molecule has 5 nitrogen and oxygen atoms in total. The van der Waals surface area contributed by atoms with E-state index < -0.39 is 0 Å². The molecule has 2 aromatic carbocycles. The molecule has 1 heterocycles. The third-order valence-electron chi connectivity index (χ3n) is 3.18. The molecule has 0 saturated carbocycles. The molecule has 3 rings (SSSR count). The molecule has 23 heavy (non-hydrogen) atoms. The van der Waals surface area contributed by atoms with E-state index in [-0.39, 0.29) is 12.6 Å². The highest BCUT2D eigenvalue weighted by Crippen LogP contribution is 2.12. The Morgan fingerprint density at radius 2 is 1.96 bits per heavy atom. The number of ether oxygens (including phenoxy) is 1. The molecule has 3 aromatic rings. The molecule has 0 saturated heterocycles. The van der Waals surface area contributed by atoms with Crippen LogP contribution in [0.15, 0.2) is 60.8 Å². The molecule has 0 unspecified atom stereocenters. The molecular formula is C17H14ClN3O2. The van der Waals surface area contributed by atoms with Gasteiger partial charge in [0.05, 0.1) is 18.3 Å². The van der Waals surface area contributed by atoms with Gasteiger partial charge in [0.2, 0.25) is 0 Å². The smallest absolute Gasteiger partial charge is 0.338 e. The standard InChI is InChI=1S/C17H14ClN3O2/c18-15-8-4-5-13(9-15)10-21-11-16(19-20-21)12-23-17(22)14-6-2-1-3-7-14/h1-9,11H,10,12H2. The van der Waals surface area contributed by atoms with Gasteiger partial charge in [-0.05, 0) is 29.8 Å². The van der Waals surface area contributed by atoms with Crippen molar-refractivity contribution in [2.45, 2.75) is 13.2 Å². The first-order valence-electron chi connectivity index (χ1n) is 7.06. The zero-order valence-corrected chi connectivity index (χ0v) is 13.0. The summed E-state index contributed by atoms with van der Waals surface area (Å²) >= 11 is 5.96. The Morgan fingerprint density at radius 1 is 1.13 bits per heavy atom. The van der Waals surface area contributed by atoms with Gasteiger partial charge in [-0.1, -0.05) is 47.1 Å². The number of hydrogen-bond acceptors (Lipinski definition) is 4. The minimum Gasteiger partial charge on any atom is -0.455 e. The third-order valence-corrected chi connectivity index (χ3v) is 3.42. The van der Waals surface area contributed by atoms with Gasteiger partial charge < -0.3 is 4.74 Å². The van der Waals surface area contributed by atoms with Crippen LogP contribution < -0.4 is 0 Å². The molecule has 0 N–H and O–H groups in total. The second-order valence-corrected chi connectivity index (χ2v) is 5.42. The summed E-state index contributed by atoms with van der Waals surface area (Å²) in [5, 5.41) is 8.71. The first-order chi connectivity index (χ1) is 11.2. The van der Waals surface area contributed by atoms with Crippen LogP contribution in [-0.4, -0.2) is 21.0 Å². The lowest BCUT2D eigenvalue weighted by atomic mass is 10.2. The summed E-state index contributed by atoms with van der Waals surface area (Å²) in [5.41, 5.74) is 2.13. The van der Waals surface area contributed by atoms with Gasteiger partial charge in [-0.25, -0.2) is 9.48 Å². The number of halogens is 1. The van der Waals surface area contributed by atoms with Crippen LogP contribution in [-0.2, 0) is 17.9 Å². The van der Waals surface area contributed by atoms with E-state index in [0.29, 0.717) is 22.8 Å². The van der Waals surface area contributed by atoms with E-state index >= 15 is 0 Å². The first kappa shape index (κ1) is 15.2. The second-order valence-electron chi connectivity index (χ2n) is 4.98. The monoisotopic (exact) mass is 327 g/mol. The van der Waals surface area contributed by atoms with Gasteiger partial charge in [0.25, 0.3) is 0 Å². The van der Waals surface area contributed by atoms with E-state index in [2.05, 4.69) is 10.3 Å². The summed E-state index contributed by atoms with van der Waals surface area (Å²) in [6.45, 7) is 0.642. The average molecular weight is 328 g/mol. The maximum absolute atomic E-state index is 11.9. The van der Waals surface area contributed by atoms with Crippen LogP contribution in [0.3, 0.4) is 0 Å². The average Bonchev–Trinajstić information content (AvgIpc) is 3.01. The van der Waals surface area contributed by atoms with Gasteiger partial charge in [-0.15, -0.1) is 5.10 Å². The molecule has 0 aliphatic carbocycles. The molecule has 0 radical (unpaired) electrons. The second kappa shape index (κ2) is 7.07. The fourth-order valence-electron chi connectivity index (χ4n) is 2.10. The highest BCUT2D eigenvalue weighted by Gasteiger charge is 2.08. The van der Waals surface area contributed by atoms with Crippen molar-refractivity contribution in [2.24, 2.45) is 0 Å². The maximum Gasteiger partial charge on any atom is 0.338 e. The zero-order chi connectivity index (χ0) is 16.1. The van der Waals surface area contributed by atoms with Gasteiger partial charge in [0, 0.05) is 5.02 Å². The molecular weight excluding hydrogens is 314 g/mol. The lowest BCUT2D eigenvalue weighted by Crippen LogP contribution is -2.05. The van der Waals surface area contributed by atoms with Crippen molar-refractivity contribution in [3.05, 3.63) is 82.6 Å². The SMILES string of the molecule is O=C(OCc1cn(Cc2cccc(Cl)c2)nn1)c1ccccc1. The molecule has 0 amide bonds. The molecule has 0 fully saturated rings. The third kappa shape index (κ3) is 4.17. The topological polar surface area (TPSA) is 57.0 Å². The summed E-state index contributed by atoms with van der Waals surface area (Å²) in [6.07, 6.45) is 1.75. The number of hydrogen-bond donors (Lipinski definition) is 0. The Kier molecular flexibility index (Phi) is 4.68. The summed E-state index contributed by atoms with van der Waals surface area (Å²) in [7, 11) is 0. The Hall–Kier alpha value is -2.66. The number of benzene rings is 2. The van der Waals surface area contributed by atoms with Gasteiger partial charge >= 0.3 is 5.97 Å². The number of carbonyl (C=O) groups excluding carboxylic acids is 1. The molecule has 6 heteroatoms. The van der Waals surface area contributed by atoms with E-state index in [1.54, 1.807) is 35.1 Å². The minimum atomic E-state index is -0.380. The molecule has 1 aromatic heterocycles. The number of esters is 1. The van der Waals surface area contributed by atoms with Gasteiger partial charge in [0.1, 0.15) is 12.3 Å². The van der Waals surface area contributed by atoms with Crippen molar-refractivity contribution in [1.29, 1.82) is 0 Å². The Bertz CT molecular complexity index is 802. The van der Waals surface area contributed by atoms with Crippen molar-refractivity contribution in [2.75, 3.05) is 0 Å². The predicted molar refractivity (Wildman–Crippen MR) is 86.1 cm³/mol. The Morgan fingerprint density at radius 3 is 2.74 bits per heavy atom. The van der Waals surface area contributed by atoms with Crippen LogP contribution in [0.1, 0.15) is 21.6 Å². The van der Waals surface area contributed by atoms with E-state index in [0.717, 1.165) is 5.56 Å². The molecule has 0 bridgehead atoms. The molecule has 116 valence electrons. The van der Waals surface area contributed by atoms with Gasteiger partial charge in [0.15, 0.2) is 0 Å². The van der Waals surface area contributed by atoms with E-state index in [4.69, 9.17) is 16.3 Å². The van der Waals surface area contributed by atoms with Crippen LogP contribution in [0.2, 0.25) is 5.02 Å². The van der Waals surface area contributed by atoms with Crippen LogP contribution in [0.4, 0.5) is 0 Å². The number of carbonyl (C=O) groups is 1. The Balaban J connectivity index is 1.58. The number of nitrogens with zero attached hydrogens (tertiary/aromatic N) is 3. The Labute approximate surface area is 138 Å². The van der Waals surface area contributed by atoms with E-state index in [1.165, 1.54) is 0 Å². The van der Waals surface area contributed by atoms with Gasteiger partial charge in [-0.2, -0.15) is 0 Å². The summed E-state index contributed by atoms with van der Waals surface area (Å²) in [4.78, 5) is 11.9. The minimum absolute atomic E-state index is 0.0866. The highest BCUT2D eigenvalue weighted by atomic mass is 35.5. The lowest BCUT2D eigenvalue weighted by Gasteiger charge is -2.02. The quantitative estimate of drug-likeness (QED) is 0.674. The first-order valence-corrected chi connectivity index (χ1v) is 7.44. The number of aromatic nitrogens is 3. The number of rotatable bonds is 5. The summed E-state index contributed by atoms with van der Waals surface area (Å²) < 4.78 is 6.90. The molecule has 0 atom stereocenters. The van der Waals surface area contributed by atoms with Crippen LogP contribution in [0.25, 0.3) is 0 Å². The molecule has 0 aliphatic heterocycles. The van der Waals surface area contributed by atoms with Crippen LogP contribution >= 0.6 is 11.6 Å². The van der Waals surface area contributed by atoms with Crippen molar-refractivity contribution in [3.8, 4) is 0 Å². The lowest BCUT2D eigenvalue weighted by molar-refractivity contribution is 0.0467. The maximum atomic E-state index is 11.9. The van der Waals surface area contributed by atoms with Crippen molar-refractivity contribution < 1.29 is 9.53 Å². The van der Waals surface area contributed by atoms with E-state index in [9.17, 15) is 4.79 Å². The fraction of sp³-hybridized carbons (Fsp3) is 0.118. The van der Waals surface area contributed by atoms with E-state index in [1.807, 2.05) is 30.3 Å².